The van der Waals surface area contributed by atoms with Crippen molar-refractivity contribution < 1.29 is 27.4 Å². The largest absolute Gasteiger partial charge is 0.481 e. The molecule has 0 aliphatic carbocycles. The summed E-state index contributed by atoms with van der Waals surface area (Å²) in [6.45, 7) is 2.02. The summed E-state index contributed by atoms with van der Waals surface area (Å²) in [6, 6.07) is 16.7. The Kier molecular flexibility index (Phi) is 6.34. The minimum absolute atomic E-state index is 0.345. The summed E-state index contributed by atoms with van der Waals surface area (Å²) in [5, 5.41) is 0. The Labute approximate surface area is 207 Å². The number of methoxy groups -OCH3 is 1. The van der Waals surface area contributed by atoms with E-state index in [1.807, 2.05) is 30.3 Å². The van der Waals surface area contributed by atoms with Crippen LogP contribution in [-0.4, -0.2) is 48.3 Å². The zero-order valence-corrected chi connectivity index (χ0v) is 19.8. The number of anilines is 1. The summed E-state index contributed by atoms with van der Waals surface area (Å²) in [5.74, 6) is 0.434. The number of amides is 1. The Bertz CT molecular complexity index is 1220. The molecular formula is C27H26F3N3O3. The van der Waals surface area contributed by atoms with Crippen LogP contribution in [0.15, 0.2) is 66.9 Å². The average molecular weight is 498 g/mol. The molecule has 0 atom stereocenters. The minimum atomic E-state index is -4.43. The first kappa shape index (κ1) is 24.1. The van der Waals surface area contributed by atoms with Crippen molar-refractivity contribution in [3.05, 3.63) is 78.0 Å². The fraction of sp³-hybridized carbons (Fsp3) is 0.333. The number of benzene rings is 2. The number of alkyl halides is 3. The van der Waals surface area contributed by atoms with E-state index in [2.05, 4.69) is 9.88 Å². The summed E-state index contributed by atoms with van der Waals surface area (Å²) in [5.41, 5.74) is 1.52. The Morgan fingerprint density at radius 1 is 1.06 bits per heavy atom. The summed E-state index contributed by atoms with van der Waals surface area (Å²) < 4.78 is 51.4. The van der Waals surface area contributed by atoms with Gasteiger partial charge in [-0.3, -0.25) is 9.80 Å². The molecule has 188 valence electrons. The van der Waals surface area contributed by atoms with E-state index in [0.717, 1.165) is 17.3 Å². The van der Waals surface area contributed by atoms with Crippen molar-refractivity contribution in [2.75, 3.05) is 31.6 Å². The molecule has 3 aromatic rings. The topological polar surface area (TPSA) is 54.9 Å². The number of aromatic nitrogens is 1. The molecule has 2 saturated heterocycles. The van der Waals surface area contributed by atoms with E-state index in [9.17, 15) is 18.0 Å². The van der Waals surface area contributed by atoms with Gasteiger partial charge in [0.05, 0.1) is 19.2 Å². The van der Waals surface area contributed by atoms with Crippen LogP contribution in [0, 0.1) is 0 Å². The van der Waals surface area contributed by atoms with E-state index in [-0.39, 0.29) is 6.09 Å². The third kappa shape index (κ3) is 4.88. The van der Waals surface area contributed by atoms with Crippen LogP contribution < -0.4 is 9.64 Å². The maximum absolute atomic E-state index is 13.5. The Morgan fingerprint density at radius 2 is 1.81 bits per heavy atom. The van der Waals surface area contributed by atoms with Gasteiger partial charge in [-0.15, -0.1) is 0 Å². The molecule has 1 spiro atoms. The number of ether oxygens (including phenoxy) is 2. The molecule has 2 aromatic carbocycles. The van der Waals surface area contributed by atoms with Gasteiger partial charge in [-0.2, -0.15) is 13.2 Å². The second kappa shape index (κ2) is 9.46. The quantitative estimate of drug-likeness (QED) is 0.448. The summed E-state index contributed by atoms with van der Waals surface area (Å²) >= 11 is 0. The molecule has 1 aromatic heterocycles. The number of pyridine rings is 1. The third-order valence-electron chi connectivity index (χ3n) is 6.89. The number of hydrogen-bond donors (Lipinski definition) is 0. The van der Waals surface area contributed by atoms with Gasteiger partial charge in [0.1, 0.15) is 5.60 Å². The van der Waals surface area contributed by atoms with Crippen LogP contribution in [0.2, 0.25) is 0 Å². The van der Waals surface area contributed by atoms with Crippen molar-refractivity contribution in [3.63, 3.8) is 0 Å². The predicted molar refractivity (Wildman–Crippen MR) is 129 cm³/mol. The van der Waals surface area contributed by atoms with Gasteiger partial charge in [0.2, 0.25) is 5.88 Å². The van der Waals surface area contributed by atoms with E-state index in [1.54, 1.807) is 23.2 Å². The molecule has 2 aliphatic rings. The normalized spacial score (nSPS) is 17.9. The lowest BCUT2D eigenvalue weighted by atomic mass is 9.90. The Balaban J connectivity index is 1.33. The molecule has 0 bridgehead atoms. The molecule has 0 unspecified atom stereocenters. The highest BCUT2D eigenvalue weighted by molar-refractivity contribution is 5.90. The van der Waals surface area contributed by atoms with Crippen LogP contribution in [0.1, 0.15) is 24.0 Å². The zero-order valence-electron chi connectivity index (χ0n) is 19.8. The van der Waals surface area contributed by atoms with Crippen LogP contribution in [-0.2, 0) is 17.5 Å². The predicted octanol–water partition coefficient (Wildman–Crippen LogP) is 5.77. The SMILES string of the molecule is COc1ccc(-c2ccc(C(F)(F)F)cc2CN2CCC3(CC2)CN(c2ccccc2)C(=O)O3)cn1. The van der Waals surface area contributed by atoms with Gasteiger partial charge in [-0.1, -0.05) is 24.3 Å². The lowest BCUT2D eigenvalue weighted by molar-refractivity contribution is -0.137. The van der Waals surface area contributed by atoms with Crippen LogP contribution >= 0.6 is 0 Å². The molecule has 5 rings (SSSR count). The molecule has 6 nitrogen and oxygen atoms in total. The number of likely N-dealkylation sites (tertiary alicyclic amines) is 1. The summed E-state index contributed by atoms with van der Waals surface area (Å²) in [6.07, 6.45) is -1.97. The van der Waals surface area contributed by atoms with Crippen molar-refractivity contribution >= 4 is 11.8 Å². The van der Waals surface area contributed by atoms with Gasteiger partial charge < -0.3 is 9.47 Å². The summed E-state index contributed by atoms with van der Waals surface area (Å²) in [7, 11) is 1.51. The molecule has 9 heteroatoms. The van der Waals surface area contributed by atoms with Crippen LogP contribution in [0.4, 0.5) is 23.7 Å². The van der Waals surface area contributed by atoms with Crippen LogP contribution in [0.3, 0.4) is 0 Å². The van der Waals surface area contributed by atoms with E-state index in [1.165, 1.54) is 19.2 Å². The molecule has 2 aliphatic heterocycles. The second-order valence-corrected chi connectivity index (χ2v) is 9.21. The first-order chi connectivity index (χ1) is 17.3. The highest BCUT2D eigenvalue weighted by Gasteiger charge is 2.47. The number of rotatable bonds is 5. The van der Waals surface area contributed by atoms with Crippen LogP contribution in [0.25, 0.3) is 11.1 Å². The Hall–Kier alpha value is -3.59. The lowest BCUT2D eigenvalue weighted by Gasteiger charge is -2.37. The van der Waals surface area contributed by atoms with Crippen molar-refractivity contribution in [2.45, 2.75) is 31.2 Å². The first-order valence-corrected chi connectivity index (χ1v) is 11.7. The van der Waals surface area contributed by atoms with Crippen LogP contribution in [0.5, 0.6) is 5.88 Å². The minimum Gasteiger partial charge on any atom is -0.481 e. The molecule has 0 saturated carbocycles. The maximum atomic E-state index is 13.5. The van der Waals surface area contributed by atoms with Gasteiger partial charge in [0.15, 0.2) is 0 Å². The number of para-hydroxylation sites is 1. The third-order valence-corrected chi connectivity index (χ3v) is 6.89. The number of halogens is 3. The number of nitrogens with zero attached hydrogens (tertiary/aromatic N) is 3. The standard InChI is InChI=1S/C27H26F3N3O3/c1-35-24-10-7-19(16-31-24)23-9-8-21(27(28,29)30)15-20(23)17-32-13-11-26(12-14-32)18-33(25(34)36-26)22-5-3-2-4-6-22/h2-10,15-16H,11-14,17-18H2,1H3. The van der Waals surface area contributed by atoms with Gasteiger partial charge in [0.25, 0.3) is 0 Å². The van der Waals surface area contributed by atoms with E-state index in [0.29, 0.717) is 56.0 Å². The smallest absolute Gasteiger partial charge is 0.416 e. The second-order valence-electron chi connectivity index (χ2n) is 9.21. The maximum Gasteiger partial charge on any atom is 0.416 e. The summed E-state index contributed by atoms with van der Waals surface area (Å²) in [4.78, 5) is 20.5. The average Bonchev–Trinajstić information content (AvgIpc) is 3.21. The lowest BCUT2D eigenvalue weighted by Crippen LogP contribution is -2.46. The Morgan fingerprint density at radius 3 is 2.44 bits per heavy atom. The van der Waals surface area contributed by atoms with Crippen molar-refractivity contribution in [3.8, 4) is 17.0 Å². The van der Waals surface area contributed by atoms with Gasteiger partial charge in [-0.25, -0.2) is 9.78 Å². The van der Waals surface area contributed by atoms with Crippen molar-refractivity contribution in [1.29, 1.82) is 0 Å². The molecule has 0 N–H and O–H groups in total. The monoisotopic (exact) mass is 497 g/mol. The number of hydrogen-bond acceptors (Lipinski definition) is 5. The molecule has 1 amide bonds. The fourth-order valence-electron chi connectivity index (χ4n) is 4.89. The molecule has 36 heavy (non-hydrogen) atoms. The van der Waals surface area contributed by atoms with E-state index < -0.39 is 17.3 Å². The number of carbonyl (C=O) groups excluding carboxylic acids is 1. The van der Waals surface area contributed by atoms with E-state index in [4.69, 9.17) is 9.47 Å². The first-order valence-electron chi connectivity index (χ1n) is 11.7. The number of carbonyl (C=O) groups is 1. The highest BCUT2D eigenvalue weighted by Crippen LogP contribution is 2.38. The molecule has 2 fully saturated rings. The van der Waals surface area contributed by atoms with Gasteiger partial charge >= 0.3 is 12.3 Å². The van der Waals surface area contributed by atoms with Gasteiger partial charge in [0, 0.05) is 56.0 Å². The molecule has 3 heterocycles. The van der Waals surface area contributed by atoms with Crippen molar-refractivity contribution in [2.24, 2.45) is 0 Å². The molecular weight excluding hydrogens is 471 g/mol. The highest BCUT2D eigenvalue weighted by atomic mass is 19.4. The molecule has 0 radical (unpaired) electrons. The van der Waals surface area contributed by atoms with Crippen molar-refractivity contribution in [1.82, 2.24) is 9.88 Å². The van der Waals surface area contributed by atoms with E-state index >= 15 is 0 Å². The number of piperidine rings is 1. The van der Waals surface area contributed by atoms with Gasteiger partial charge in [-0.05, 0) is 41.5 Å². The fourth-order valence-corrected chi connectivity index (χ4v) is 4.89. The zero-order chi connectivity index (χ0) is 25.3.